The van der Waals surface area contributed by atoms with Crippen LogP contribution in [0.3, 0.4) is 0 Å². The van der Waals surface area contributed by atoms with Crippen LogP contribution >= 0.6 is 0 Å². The van der Waals surface area contributed by atoms with Crippen molar-refractivity contribution in [2.45, 2.75) is 39.7 Å². The number of amides is 1. The molecule has 0 aromatic heterocycles. The molecule has 2 unspecified atom stereocenters. The van der Waals surface area contributed by atoms with Crippen LogP contribution < -0.4 is 0 Å². The van der Waals surface area contributed by atoms with Crippen LogP contribution in [-0.4, -0.2) is 23.4 Å². The van der Waals surface area contributed by atoms with Gasteiger partial charge in [0.05, 0.1) is 17.9 Å². The molecule has 1 aliphatic heterocycles. The van der Waals surface area contributed by atoms with Crippen molar-refractivity contribution in [3.63, 3.8) is 0 Å². The van der Waals surface area contributed by atoms with Crippen molar-refractivity contribution in [2.24, 2.45) is 11.8 Å². The smallest absolute Gasteiger partial charge is 0.227 e. The molecule has 0 radical (unpaired) electrons. The van der Waals surface area contributed by atoms with Gasteiger partial charge < -0.3 is 4.90 Å². The molecule has 1 aliphatic rings. The second-order valence-corrected chi connectivity index (χ2v) is 4.29. The number of piperidine rings is 1. The van der Waals surface area contributed by atoms with Crippen LogP contribution in [0.1, 0.15) is 33.6 Å². The highest BCUT2D eigenvalue weighted by molar-refractivity contribution is 5.80. The molecule has 14 heavy (non-hydrogen) atoms. The number of hydrogen-bond acceptors (Lipinski definition) is 2. The number of likely N-dealkylation sites (tertiary alicyclic amines) is 1. The molecule has 0 aromatic rings. The van der Waals surface area contributed by atoms with Crippen molar-refractivity contribution in [1.82, 2.24) is 4.90 Å². The molecule has 0 aliphatic carbocycles. The van der Waals surface area contributed by atoms with Gasteiger partial charge in [-0.15, -0.1) is 0 Å². The highest BCUT2D eigenvalue weighted by Gasteiger charge is 2.33. The molecule has 0 saturated carbocycles. The van der Waals surface area contributed by atoms with E-state index in [1.54, 1.807) is 0 Å². The highest BCUT2D eigenvalue weighted by Crippen LogP contribution is 2.25. The Morgan fingerprint density at radius 2 is 2.14 bits per heavy atom. The van der Waals surface area contributed by atoms with E-state index in [-0.39, 0.29) is 23.8 Å². The monoisotopic (exact) mass is 194 g/mol. The fraction of sp³-hybridized carbons (Fsp3) is 0.818. The SMILES string of the molecule is CC(C#N)C1CCCN(C(C)C)C1=O. The first-order valence-electron chi connectivity index (χ1n) is 5.28. The fourth-order valence-electron chi connectivity index (χ4n) is 1.99. The summed E-state index contributed by atoms with van der Waals surface area (Å²) in [5.41, 5.74) is 0. The van der Waals surface area contributed by atoms with E-state index in [0.717, 1.165) is 19.4 Å². The Morgan fingerprint density at radius 1 is 1.50 bits per heavy atom. The normalized spacial score (nSPS) is 24.9. The van der Waals surface area contributed by atoms with Crippen LogP contribution in [0.4, 0.5) is 0 Å². The van der Waals surface area contributed by atoms with Gasteiger partial charge in [-0.3, -0.25) is 4.79 Å². The third kappa shape index (κ3) is 2.06. The third-order valence-corrected chi connectivity index (χ3v) is 2.94. The molecular weight excluding hydrogens is 176 g/mol. The molecule has 78 valence electrons. The van der Waals surface area contributed by atoms with Crippen molar-refractivity contribution >= 4 is 5.91 Å². The Labute approximate surface area is 85.7 Å². The molecule has 1 heterocycles. The molecule has 2 atom stereocenters. The molecule has 1 fully saturated rings. The lowest BCUT2D eigenvalue weighted by Gasteiger charge is -2.36. The van der Waals surface area contributed by atoms with E-state index in [2.05, 4.69) is 6.07 Å². The summed E-state index contributed by atoms with van der Waals surface area (Å²) in [5, 5.41) is 8.81. The van der Waals surface area contributed by atoms with E-state index in [1.807, 2.05) is 25.7 Å². The van der Waals surface area contributed by atoms with Gasteiger partial charge in [0.15, 0.2) is 0 Å². The lowest BCUT2D eigenvalue weighted by Crippen LogP contribution is -2.46. The first-order valence-corrected chi connectivity index (χ1v) is 5.28. The molecule has 1 rings (SSSR count). The van der Waals surface area contributed by atoms with Gasteiger partial charge in [0.2, 0.25) is 5.91 Å². The molecule has 0 aromatic carbocycles. The van der Waals surface area contributed by atoms with Gasteiger partial charge in [-0.25, -0.2) is 0 Å². The second kappa shape index (κ2) is 4.45. The minimum absolute atomic E-state index is 0.0730. The van der Waals surface area contributed by atoms with E-state index >= 15 is 0 Å². The summed E-state index contributed by atoms with van der Waals surface area (Å²) in [4.78, 5) is 13.8. The zero-order valence-electron chi connectivity index (χ0n) is 9.16. The summed E-state index contributed by atoms with van der Waals surface area (Å²) in [6, 6.07) is 2.44. The molecule has 3 nitrogen and oxygen atoms in total. The van der Waals surface area contributed by atoms with Gasteiger partial charge in [0.1, 0.15) is 0 Å². The van der Waals surface area contributed by atoms with E-state index in [0.29, 0.717) is 0 Å². The topological polar surface area (TPSA) is 44.1 Å². The summed E-state index contributed by atoms with van der Waals surface area (Å²) >= 11 is 0. The molecule has 0 N–H and O–H groups in total. The number of nitrogens with zero attached hydrogens (tertiary/aromatic N) is 2. The molecule has 0 spiro atoms. The van der Waals surface area contributed by atoms with Crippen LogP contribution in [0.2, 0.25) is 0 Å². The van der Waals surface area contributed by atoms with Crippen LogP contribution in [0, 0.1) is 23.2 Å². The Hall–Kier alpha value is -1.04. The molecule has 3 heteroatoms. The van der Waals surface area contributed by atoms with Crippen molar-refractivity contribution in [1.29, 1.82) is 5.26 Å². The Balaban J connectivity index is 2.72. The maximum Gasteiger partial charge on any atom is 0.227 e. The van der Waals surface area contributed by atoms with Gasteiger partial charge in [-0.2, -0.15) is 5.26 Å². The number of carbonyl (C=O) groups is 1. The maximum absolute atomic E-state index is 11.9. The van der Waals surface area contributed by atoms with Crippen molar-refractivity contribution < 1.29 is 4.79 Å². The zero-order valence-corrected chi connectivity index (χ0v) is 9.16. The summed E-state index contributed by atoms with van der Waals surface area (Å²) in [5.74, 6) is -0.0551. The summed E-state index contributed by atoms with van der Waals surface area (Å²) in [6.07, 6.45) is 1.90. The van der Waals surface area contributed by atoms with Crippen molar-refractivity contribution in [3.8, 4) is 6.07 Å². The number of carbonyl (C=O) groups excluding carboxylic acids is 1. The van der Waals surface area contributed by atoms with Crippen LogP contribution in [0.15, 0.2) is 0 Å². The number of rotatable bonds is 2. The predicted molar refractivity (Wildman–Crippen MR) is 54.4 cm³/mol. The first kappa shape index (κ1) is 11.0. The second-order valence-electron chi connectivity index (χ2n) is 4.29. The summed E-state index contributed by atoms with van der Waals surface area (Å²) in [7, 11) is 0. The summed E-state index contributed by atoms with van der Waals surface area (Å²) in [6.45, 7) is 6.74. The van der Waals surface area contributed by atoms with Crippen LogP contribution in [-0.2, 0) is 4.79 Å². The third-order valence-electron chi connectivity index (χ3n) is 2.94. The predicted octanol–water partition coefficient (Wildman–Crippen LogP) is 1.79. The quantitative estimate of drug-likeness (QED) is 0.672. The van der Waals surface area contributed by atoms with E-state index < -0.39 is 0 Å². The van der Waals surface area contributed by atoms with Crippen molar-refractivity contribution in [3.05, 3.63) is 0 Å². The number of nitriles is 1. The average Bonchev–Trinajstić information content (AvgIpc) is 2.16. The van der Waals surface area contributed by atoms with Gasteiger partial charge in [-0.1, -0.05) is 0 Å². The summed E-state index contributed by atoms with van der Waals surface area (Å²) < 4.78 is 0. The first-order chi connectivity index (χ1) is 6.57. The minimum Gasteiger partial charge on any atom is -0.340 e. The van der Waals surface area contributed by atoms with E-state index in [4.69, 9.17) is 5.26 Å². The maximum atomic E-state index is 11.9. The molecular formula is C11H18N2O. The van der Waals surface area contributed by atoms with E-state index in [9.17, 15) is 4.79 Å². The Kier molecular flexibility index (Phi) is 3.51. The fourth-order valence-corrected chi connectivity index (χ4v) is 1.99. The Morgan fingerprint density at radius 3 is 2.64 bits per heavy atom. The van der Waals surface area contributed by atoms with E-state index in [1.165, 1.54) is 0 Å². The van der Waals surface area contributed by atoms with Crippen LogP contribution in [0.25, 0.3) is 0 Å². The molecule has 1 amide bonds. The standard InChI is InChI=1S/C11H18N2O/c1-8(2)13-6-4-5-10(11(13)14)9(3)7-12/h8-10H,4-6H2,1-3H3. The van der Waals surface area contributed by atoms with Gasteiger partial charge in [0.25, 0.3) is 0 Å². The minimum atomic E-state index is -0.149. The van der Waals surface area contributed by atoms with Gasteiger partial charge in [0, 0.05) is 12.6 Å². The van der Waals surface area contributed by atoms with Gasteiger partial charge in [-0.05, 0) is 33.6 Å². The van der Waals surface area contributed by atoms with Gasteiger partial charge >= 0.3 is 0 Å². The molecule has 1 saturated heterocycles. The zero-order chi connectivity index (χ0) is 10.7. The lowest BCUT2D eigenvalue weighted by molar-refractivity contribution is -0.141. The molecule has 0 bridgehead atoms. The average molecular weight is 194 g/mol. The highest BCUT2D eigenvalue weighted by atomic mass is 16.2. The Bertz CT molecular complexity index is 255. The van der Waals surface area contributed by atoms with Crippen LogP contribution in [0.5, 0.6) is 0 Å². The lowest BCUT2D eigenvalue weighted by atomic mass is 9.86. The largest absolute Gasteiger partial charge is 0.340 e. The number of hydrogen-bond donors (Lipinski definition) is 0. The van der Waals surface area contributed by atoms with Crippen molar-refractivity contribution in [2.75, 3.05) is 6.54 Å².